The van der Waals surface area contributed by atoms with Gasteiger partial charge in [-0.15, -0.1) is 0 Å². The Kier molecular flexibility index (Phi) is 4.10. The van der Waals surface area contributed by atoms with Crippen molar-refractivity contribution in [1.82, 2.24) is 15.0 Å². The summed E-state index contributed by atoms with van der Waals surface area (Å²) in [6.45, 7) is 9.53. The van der Waals surface area contributed by atoms with Crippen molar-refractivity contribution >= 4 is 17.8 Å². The molecule has 2 N–H and O–H groups in total. The van der Waals surface area contributed by atoms with E-state index in [2.05, 4.69) is 38.6 Å². The molecule has 3 heterocycles. The van der Waals surface area contributed by atoms with Crippen LogP contribution in [0.4, 0.5) is 17.8 Å². The van der Waals surface area contributed by atoms with Crippen LogP contribution < -0.4 is 15.5 Å². The molecule has 0 aromatic carbocycles. The van der Waals surface area contributed by atoms with Crippen LogP contribution in [-0.2, 0) is 4.74 Å². The molecule has 116 valence electrons. The predicted molar refractivity (Wildman–Crippen MR) is 82.4 cm³/mol. The van der Waals surface area contributed by atoms with E-state index in [1.54, 1.807) is 0 Å². The molecule has 21 heavy (non-hydrogen) atoms. The van der Waals surface area contributed by atoms with Gasteiger partial charge in [-0.2, -0.15) is 15.0 Å². The fourth-order valence-electron chi connectivity index (χ4n) is 3.24. The third-order valence-electron chi connectivity index (χ3n) is 4.07. The van der Waals surface area contributed by atoms with E-state index in [1.165, 1.54) is 6.42 Å². The van der Waals surface area contributed by atoms with Crippen molar-refractivity contribution in [2.75, 3.05) is 54.9 Å². The molecular formula is C14H24N6O. The molecule has 0 spiro atoms. The van der Waals surface area contributed by atoms with Gasteiger partial charge in [0.05, 0.1) is 13.2 Å². The van der Waals surface area contributed by atoms with Gasteiger partial charge >= 0.3 is 0 Å². The van der Waals surface area contributed by atoms with Crippen molar-refractivity contribution in [3.63, 3.8) is 0 Å². The number of morpholine rings is 1. The molecule has 0 aliphatic carbocycles. The molecule has 7 nitrogen and oxygen atoms in total. The maximum absolute atomic E-state index is 5.90. The van der Waals surface area contributed by atoms with Crippen molar-refractivity contribution in [2.24, 2.45) is 11.8 Å². The largest absolute Gasteiger partial charge is 0.378 e. The SMILES string of the molecule is CC1CC(C)CN(c2nc(N)nc(N3CCOCC3)n2)C1. The molecule has 1 aromatic heterocycles. The zero-order valence-electron chi connectivity index (χ0n) is 12.8. The maximum Gasteiger partial charge on any atom is 0.232 e. The lowest BCUT2D eigenvalue weighted by atomic mass is 9.92. The highest BCUT2D eigenvalue weighted by Crippen LogP contribution is 2.25. The lowest BCUT2D eigenvalue weighted by Gasteiger charge is -2.35. The van der Waals surface area contributed by atoms with E-state index in [0.29, 0.717) is 42.9 Å². The molecule has 2 unspecified atom stereocenters. The number of hydrogen-bond acceptors (Lipinski definition) is 7. The van der Waals surface area contributed by atoms with E-state index in [4.69, 9.17) is 10.5 Å². The summed E-state index contributed by atoms with van der Waals surface area (Å²) >= 11 is 0. The van der Waals surface area contributed by atoms with Crippen LogP contribution in [0.3, 0.4) is 0 Å². The minimum atomic E-state index is 0.298. The second-order valence-electron chi connectivity index (χ2n) is 6.24. The van der Waals surface area contributed by atoms with Gasteiger partial charge in [-0.25, -0.2) is 0 Å². The zero-order valence-corrected chi connectivity index (χ0v) is 12.8. The quantitative estimate of drug-likeness (QED) is 0.862. The molecule has 2 aliphatic rings. The summed E-state index contributed by atoms with van der Waals surface area (Å²) in [5.74, 6) is 2.98. The van der Waals surface area contributed by atoms with Gasteiger partial charge < -0.3 is 20.3 Å². The first kappa shape index (κ1) is 14.3. The second kappa shape index (κ2) is 6.01. The van der Waals surface area contributed by atoms with Gasteiger partial charge in [0.1, 0.15) is 0 Å². The third-order valence-corrected chi connectivity index (χ3v) is 4.07. The van der Waals surface area contributed by atoms with E-state index in [1.807, 2.05) is 0 Å². The standard InChI is InChI=1S/C14H24N6O/c1-10-7-11(2)9-20(8-10)14-17-12(15)16-13(18-14)19-3-5-21-6-4-19/h10-11H,3-9H2,1-2H3,(H2,15,16,17,18). The Labute approximate surface area is 125 Å². The number of ether oxygens (including phenoxy) is 1. The number of nitrogens with two attached hydrogens (primary N) is 1. The highest BCUT2D eigenvalue weighted by Gasteiger charge is 2.25. The number of rotatable bonds is 2. The summed E-state index contributed by atoms with van der Waals surface area (Å²) in [4.78, 5) is 17.6. The Hall–Kier alpha value is -1.63. The lowest BCUT2D eigenvalue weighted by Crippen LogP contribution is -2.41. The van der Waals surface area contributed by atoms with Crippen LogP contribution in [0.1, 0.15) is 20.3 Å². The molecule has 7 heteroatoms. The smallest absolute Gasteiger partial charge is 0.232 e. The van der Waals surface area contributed by atoms with E-state index in [9.17, 15) is 0 Å². The maximum atomic E-state index is 5.90. The summed E-state index contributed by atoms with van der Waals surface area (Å²) in [5, 5.41) is 0. The van der Waals surface area contributed by atoms with Crippen LogP contribution in [0.25, 0.3) is 0 Å². The average molecular weight is 292 g/mol. The van der Waals surface area contributed by atoms with E-state index < -0.39 is 0 Å². The van der Waals surface area contributed by atoms with E-state index in [0.717, 1.165) is 26.2 Å². The van der Waals surface area contributed by atoms with E-state index in [-0.39, 0.29) is 0 Å². The first-order valence-corrected chi connectivity index (χ1v) is 7.71. The van der Waals surface area contributed by atoms with Crippen LogP contribution in [0.2, 0.25) is 0 Å². The van der Waals surface area contributed by atoms with Crippen LogP contribution in [0.15, 0.2) is 0 Å². The monoisotopic (exact) mass is 292 g/mol. The van der Waals surface area contributed by atoms with Gasteiger partial charge in [0.15, 0.2) is 0 Å². The number of hydrogen-bond donors (Lipinski definition) is 1. The van der Waals surface area contributed by atoms with E-state index >= 15 is 0 Å². The van der Waals surface area contributed by atoms with Crippen molar-refractivity contribution in [1.29, 1.82) is 0 Å². The van der Waals surface area contributed by atoms with Crippen molar-refractivity contribution < 1.29 is 4.74 Å². The van der Waals surface area contributed by atoms with Crippen LogP contribution in [-0.4, -0.2) is 54.3 Å². The number of piperidine rings is 1. The molecular weight excluding hydrogens is 268 g/mol. The fraction of sp³-hybridized carbons (Fsp3) is 0.786. The van der Waals surface area contributed by atoms with Crippen molar-refractivity contribution in [3.05, 3.63) is 0 Å². The first-order chi connectivity index (χ1) is 10.1. The van der Waals surface area contributed by atoms with Crippen molar-refractivity contribution in [2.45, 2.75) is 20.3 Å². The van der Waals surface area contributed by atoms with Crippen molar-refractivity contribution in [3.8, 4) is 0 Å². The predicted octanol–water partition coefficient (Wildman–Crippen LogP) is 0.773. The molecule has 2 fully saturated rings. The van der Waals surface area contributed by atoms with Gasteiger partial charge in [0.2, 0.25) is 17.8 Å². The molecule has 2 aliphatic heterocycles. The summed E-state index contributed by atoms with van der Waals surface area (Å²) in [6.07, 6.45) is 1.26. The van der Waals surface area contributed by atoms with Gasteiger partial charge in [-0.1, -0.05) is 13.8 Å². The summed E-state index contributed by atoms with van der Waals surface area (Å²) < 4.78 is 5.37. The number of anilines is 3. The molecule has 0 saturated carbocycles. The lowest BCUT2D eigenvalue weighted by molar-refractivity contribution is 0.122. The second-order valence-corrected chi connectivity index (χ2v) is 6.24. The molecule has 0 radical (unpaired) electrons. The number of nitrogens with zero attached hydrogens (tertiary/aromatic N) is 5. The first-order valence-electron chi connectivity index (χ1n) is 7.71. The van der Waals surface area contributed by atoms with Gasteiger partial charge in [-0.3, -0.25) is 0 Å². The zero-order chi connectivity index (χ0) is 14.8. The molecule has 2 atom stereocenters. The topological polar surface area (TPSA) is 80.4 Å². The highest BCUT2D eigenvalue weighted by molar-refractivity contribution is 5.44. The van der Waals surface area contributed by atoms with Crippen LogP contribution in [0, 0.1) is 11.8 Å². The number of aromatic nitrogens is 3. The van der Waals surface area contributed by atoms with Gasteiger partial charge in [-0.05, 0) is 18.3 Å². The summed E-state index contributed by atoms with van der Waals surface area (Å²) in [5.41, 5.74) is 5.90. The Morgan fingerprint density at radius 1 is 0.952 bits per heavy atom. The average Bonchev–Trinajstić information content (AvgIpc) is 2.46. The Morgan fingerprint density at radius 3 is 2.14 bits per heavy atom. The highest BCUT2D eigenvalue weighted by atomic mass is 16.5. The van der Waals surface area contributed by atoms with Gasteiger partial charge in [0.25, 0.3) is 0 Å². The van der Waals surface area contributed by atoms with Crippen LogP contribution >= 0.6 is 0 Å². The Balaban J connectivity index is 1.83. The molecule has 2 saturated heterocycles. The fourth-order valence-corrected chi connectivity index (χ4v) is 3.24. The normalized spacial score (nSPS) is 27.0. The third kappa shape index (κ3) is 3.34. The molecule has 1 aromatic rings. The minimum absolute atomic E-state index is 0.298. The Bertz CT molecular complexity index is 480. The summed E-state index contributed by atoms with van der Waals surface area (Å²) in [6, 6.07) is 0. The molecule has 3 rings (SSSR count). The molecule has 0 amide bonds. The van der Waals surface area contributed by atoms with Gasteiger partial charge in [0, 0.05) is 26.2 Å². The minimum Gasteiger partial charge on any atom is -0.378 e. The molecule has 0 bridgehead atoms. The Morgan fingerprint density at radius 2 is 1.52 bits per heavy atom. The number of nitrogen functional groups attached to an aromatic ring is 1. The van der Waals surface area contributed by atoms with Crippen LogP contribution in [0.5, 0.6) is 0 Å². The summed E-state index contributed by atoms with van der Waals surface area (Å²) in [7, 11) is 0.